The summed E-state index contributed by atoms with van der Waals surface area (Å²) < 4.78 is 6.00. The van der Waals surface area contributed by atoms with E-state index in [2.05, 4.69) is 41.2 Å². The van der Waals surface area contributed by atoms with Crippen molar-refractivity contribution >= 4 is 5.88 Å². The maximum atomic E-state index is 6.00. The van der Waals surface area contributed by atoms with Crippen molar-refractivity contribution < 1.29 is 4.52 Å². The van der Waals surface area contributed by atoms with Gasteiger partial charge in [-0.25, -0.2) is 0 Å². The van der Waals surface area contributed by atoms with Gasteiger partial charge in [-0.1, -0.05) is 54.2 Å². The Morgan fingerprint density at radius 2 is 1.70 bits per heavy atom. The number of anilines is 1. The molecule has 1 aliphatic heterocycles. The maximum Gasteiger partial charge on any atom is 0.230 e. The Morgan fingerprint density at radius 1 is 0.963 bits per heavy atom. The molecule has 0 radical (unpaired) electrons. The first-order valence-electron chi connectivity index (χ1n) is 11.1. The molecule has 3 aliphatic rings. The van der Waals surface area contributed by atoms with Gasteiger partial charge in [0.15, 0.2) is 0 Å². The average Bonchev–Trinajstić information content (AvgIpc) is 3.38. The van der Waals surface area contributed by atoms with Crippen LogP contribution in [0.4, 0.5) is 5.88 Å². The first-order chi connectivity index (χ1) is 13.3. The van der Waals surface area contributed by atoms with Gasteiger partial charge in [-0.15, -0.1) is 0 Å². The molecule has 27 heavy (non-hydrogen) atoms. The summed E-state index contributed by atoms with van der Waals surface area (Å²) in [6.07, 6.45) is 11.8. The molecule has 144 valence electrons. The Morgan fingerprint density at radius 3 is 2.44 bits per heavy atom. The van der Waals surface area contributed by atoms with E-state index in [1.54, 1.807) is 0 Å². The molecule has 1 aromatic heterocycles. The molecule has 3 nitrogen and oxygen atoms in total. The van der Waals surface area contributed by atoms with Crippen molar-refractivity contribution in [1.29, 1.82) is 0 Å². The lowest BCUT2D eigenvalue weighted by Crippen LogP contribution is -2.26. The highest BCUT2D eigenvalue weighted by atomic mass is 16.5. The summed E-state index contributed by atoms with van der Waals surface area (Å²) in [6.45, 7) is 4.44. The normalized spacial score (nSPS) is 26.3. The lowest BCUT2D eigenvalue weighted by molar-refractivity contribution is 0.264. The zero-order valence-electron chi connectivity index (χ0n) is 16.6. The fourth-order valence-corrected chi connectivity index (χ4v) is 5.76. The number of hydrogen-bond donors (Lipinski definition) is 0. The summed E-state index contributed by atoms with van der Waals surface area (Å²) in [5.41, 5.74) is 5.60. The molecule has 2 aliphatic carbocycles. The molecule has 1 aromatic carbocycles. The first-order valence-corrected chi connectivity index (χ1v) is 11.1. The Kier molecular flexibility index (Phi) is 4.71. The van der Waals surface area contributed by atoms with Gasteiger partial charge in [0.1, 0.15) is 0 Å². The first kappa shape index (κ1) is 17.3. The van der Waals surface area contributed by atoms with E-state index in [0.29, 0.717) is 11.8 Å². The fourth-order valence-electron chi connectivity index (χ4n) is 5.76. The van der Waals surface area contributed by atoms with E-state index >= 15 is 0 Å². The second-order valence-corrected chi connectivity index (χ2v) is 9.10. The van der Waals surface area contributed by atoms with Crippen molar-refractivity contribution in [3.8, 4) is 0 Å². The molecule has 0 spiro atoms. The third-order valence-corrected chi connectivity index (χ3v) is 7.30. The molecule has 2 atom stereocenters. The second-order valence-electron chi connectivity index (χ2n) is 9.10. The summed E-state index contributed by atoms with van der Waals surface area (Å²) in [7, 11) is 0. The van der Waals surface area contributed by atoms with E-state index in [4.69, 9.17) is 4.52 Å². The number of fused-ring (bicyclic) bond motifs is 1. The highest BCUT2D eigenvalue weighted by Gasteiger charge is 2.39. The van der Waals surface area contributed by atoms with Gasteiger partial charge >= 0.3 is 0 Å². The molecule has 0 bridgehead atoms. The van der Waals surface area contributed by atoms with E-state index in [0.717, 1.165) is 31.3 Å². The van der Waals surface area contributed by atoms with Crippen LogP contribution in [0, 0.1) is 12.8 Å². The predicted molar refractivity (Wildman–Crippen MR) is 110 cm³/mol. The monoisotopic (exact) mass is 364 g/mol. The highest BCUT2D eigenvalue weighted by molar-refractivity contribution is 5.50. The zero-order chi connectivity index (χ0) is 18.2. The molecular formula is C24H32N2O. The van der Waals surface area contributed by atoms with E-state index < -0.39 is 0 Å². The Labute approximate surface area is 163 Å². The van der Waals surface area contributed by atoms with Crippen molar-refractivity contribution in [2.75, 3.05) is 18.0 Å². The zero-order valence-corrected chi connectivity index (χ0v) is 16.6. The van der Waals surface area contributed by atoms with Gasteiger partial charge in [0.25, 0.3) is 0 Å². The molecule has 2 aromatic rings. The van der Waals surface area contributed by atoms with Crippen molar-refractivity contribution in [3.05, 3.63) is 46.6 Å². The Bertz CT molecular complexity index is 766. The Balaban J connectivity index is 1.50. The summed E-state index contributed by atoms with van der Waals surface area (Å²) >= 11 is 0. The van der Waals surface area contributed by atoms with Crippen molar-refractivity contribution in [2.45, 2.75) is 76.5 Å². The lowest BCUT2D eigenvalue weighted by atomic mass is 9.68. The number of aromatic nitrogens is 1. The van der Waals surface area contributed by atoms with E-state index in [1.165, 1.54) is 73.8 Å². The molecule has 0 N–H and O–H groups in total. The van der Waals surface area contributed by atoms with Crippen molar-refractivity contribution in [2.24, 2.45) is 5.92 Å². The number of aryl methyl sites for hydroxylation is 1. The molecule has 3 heteroatoms. The summed E-state index contributed by atoms with van der Waals surface area (Å²) in [5.74, 6) is 3.08. The third-order valence-electron chi connectivity index (χ3n) is 7.30. The van der Waals surface area contributed by atoms with Crippen LogP contribution in [-0.2, 0) is 6.42 Å². The molecule has 2 fully saturated rings. The summed E-state index contributed by atoms with van der Waals surface area (Å²) in [6, 6.07) is 9.25. The number of hydrogen-bond acceptors (Lipinski definition) is 3. The molecule has 0 amide bonds. The molecule has 2 unspecified atom stereocenters. The Hall–Kier alpha value is -1.77. The third kappa shape index (κ3) is 3.30. The summed E-state index contributed by atoms with van der Waals surface area (Å²) in [4.78, 5) is 2.45. The van der Waals surface area contributed by atoms with Crippen LogP contribution in [0.1, 0.15) is 85.6 Å². The highest BCUT2D eigenvalue weighted by Crippen LogP contribution is 2.49. The van der Waals surface area contributed by atoms with Crippen molar-refractivity contribution in [3.63, 3.8) is 0 Å². The topological polar surface area (TPSA) is 29.3 Å². The summed E-state index contributed by atoms with van der Waals surface area (Å²) in [5, 5.41) is 4.68. The quantitative estimate of drug-likeness (QED) is 0.671. The second kappa shape index (κ2) is 7.33. The number of benzene rings is 1. The number of rotatable bonds is 3. The van der Waals surface area contributed by atoms with Gasteiger partial charge in [0, 0.05) is 24.6 Å². The smallest absolute Gasteiger partial charge is 0.230 e. The number of nitrogens with zero attached hydrogens (tertiary/aromatic N) is 2. The van der Waals surface area contributed by atoms with E-state index in [1.807, 2.05) is 0 Å². The largest absolute Gasteiger partial charge is 0.340 e. The predicted octanol–water partition coefficient (Wildman–Crippen LogP) is 5.98. The van der Waals surface area contributed by atoms with Gasteiger partial charge in [-0.05, 0) is 62.8 Å². The van der Waals surface area contributed by atoms with Gasteiger partial charge < -0.3 is 9.42 Å². The van der Waals surface area contributed by atoms with E-state index in [9.17, 15) is 0 Å². The lowest BCUT2D eigenvalue weighted by Gasteiger charge is -2.36. The van der Waals surface area contributed by atoms with Gasteiger partial charge in [0.2, 0.25) is 5.88 Å². The van der Waals surface area contributed by atoms with Crippen LogP contribution in [0.5, 0.6) is 0 Å². The van der Waals surface area contributed by atoms with Crippen molar-refractivity contribution in [1.82, 2.24) is 5.16 Å². The molecule has 5 rings (SSSR count). The minimum atomic E-state index is 0.584. The van der Waals surface area contributed by atoms with E-state index in [-0.39, 0.29) is 0 Å². The van der Waals surface area contributed by atoms with Crippen LogP contribution in [0.25, 0.3) is 0 Å². The van der Waals surface area contributed by atoms with Crippen LogP contribution >= 0.6 is 0 Å². The van der Waals surface area contributed by atoms with Crippen LogP contribution in [0.2, 0.25) is 0 Å². The van der Waals surface area contributed by atoms with Gasteiger partial charge in [-0.2, -0.15) is 0 Å². The van der Waals surface area contributed by atoms with Crippen LogP contribution in [0.3, 0.4) is 0 Å². The van der Waals surface area contributed by atoms with Gasteiger partial charge in [-0.3, -0.25) is 0 Å². The van der Waals surface area contributed by atoms with Crippen LogP contribution in [-0.4, -0.2) is 18.2 Å². The van der Waals surface area contributed by atoms with Crippen LogP contribution in [0.15, 0.2) is 28.8 Å². The SMILES string of the molecule is Cc1ccc(C2Cc3c(noc3N3CCCC3)C(C3CCCCC3)C2)cc1. The minimum absolute atomic E-state index is 0.584. The molecule has 2 heterocycles. The molecule has 1 saturated carbocycles. The maximum absolute atomic E-state index is 6.00. The van der Waals surface area contributed by atoms with Crippen LogP contribution < -0.4 is 4.90 Å². The molecular weight excluding hydrogens is 332 g/mol. The molecule has 1 saturated heterocycles. The van der Waals surface area contributed by atoms with Gasteiger partial charge in [0.05, 0.1) is 5.69 Å². The fraction of sp³-hybridized carbons (Fsp3) is 0.625. The average molecular weight is 365 g/mol. The standard InChI is InChI=1S/C24H32N2O/c1-17-9-11-18(12-10-17)20-15-21(19-7-3-2-4-8-19)23-22(16-20)24(27-25-23)26-13-5-6-14-26/h9-12,19-21H,2-8,13-16H2,1H3. The minimum Gasteiger partial charge on any atom is -0.340 e.